The summed E-state index contributed by atoms with van der Waals surface area (Å²) in [5.74, 6) is 0.703. The number of nitrogens with zero attached hydrogens (tertiary/aromatic N) is 3. The monoisotopic (exact) mass is 334 g/mol. The molecule has 0 bridgehead atoms. The fourth-order valence-electron chi connectivity index (χ4n) is 1.95. The number of hydrogen-bond acceptors (Lipinski definition) is 6. The Balaban J connectivity index is 1.90. The smallest absolute Gasteiger partial charge is 0.242 e. The van der Waals surface area contributed by atoms with Crippen LogP contribution in [0.1, 0.15) is 0 Å². The van der Waals surface area contributed by atoms with Gasteiger partial charge in [-0.2, -0.15) is 0 Å². The van der Waals surface area contributed by atoms with Crippen molar-refractivity contribution < 1.29 is 8.42 Å². The van der Waals surface area contributed by atoms with Crippen molar-refractivity contribution in [3.63, 3.8) is 0 Å². The van der Waals surface area contributed by atoms with Gasteiger partial charge in [-0.1, -0.05) is 0 Å². The summed E-state index contributed by atoms with van der Waals surface area (Å²) in [6.45, 7) is 0. The van der Waals surface area contributed by atoms with Crippen LogP contribution in [-0.4, -0.2) is 36.8 Å². The third-order valence-corrected chi connectivity index (χ3v) is 5.81. The van der Waals surface area contributed by atoms with Crippen molar-refractivity contribution in [1.29, 1.82) is 0 Å². The van der Waals surface area contributed by atoms with Crippen molar-refractivity contribution in [3.05, 3.63) is 42.0 Å². The van der Waals surface area contributed by atoms with Gasteiger partial charge >= 0.3 is 0 Å². The summed E-state index contributed by atoms with van der Waals surface area (Å²) in [4.78, 5) is 9.59. The molecule has 0 saturated heterocycles. The first-order valence-corrected chi connectivity index (χ1v) is 8.78. The van der Waals surface area contributed by atoms with Crippen LogP contribution >= 0.6 is 11.3 Å². The second-order valence-corrected chi connectivity index (χ2v) is 7.84. The zero-order chi connectivity index (χ0) is 15.7. The molecule has 0 unspecified atom stereocenters. The predicted molar refractivity (Wildman–Crippen MR) is 88.0 cm³/mol. The molecule has 6 nitrogen and oxygen atoms in total. The molecule has 3 rings (SSSR count). The third kappa shape index (κ3) is 2.68. The fraction of sp³-hybridized carbons (Fsp3) is 0.143. The molecule has 0 aliphatic carbocycles. The van der Waals surface area contributed by atoms with Crippen LogP contribution in [0.5, 0.6) is 0 Å². The van der Waals surface area contributed by atoms with Gasteiger partial charge in [0.05, 0.1) is 10.3 Å². The standard InChI is InChI=1S/C14H14N4O2S2/c1-18(2)22(19,20)11-5-3-10(4-6-11)17-13-12-7-8-21-14(12)16-9-15-13/h3-9H,1-2H3,(H,15,16,17). The van der Waals surface area contributed by atoms with Gasteiger partial charge in [0.25, 0.3) is 0 Å². The molecule has 0 fully saturated rings. The summed E-state index contributed by atoms with van der Waals surface area (Å²) in [5, 5.41) is 6.09. The number of fused-ring (bicyclic) bond motifs is 1. The Bertz CT molecular complexity index is 902. The molecular weight excluding hydrogens is 320 g/mol. The van der Waals surface area contributed by atoms with E-state index in [2.05, 4.69) is 15.3 Å². The van der Waals surface area contributed by atoms with E-state index in [0.717, 1.165) is 15.9 Å². The molecule has 0 aliphatic heterocycles. The highest BCUT2D eigenvalue weighted by atomic mass is 32.2. The second-order valence-electron chi connectivity index (χ2n) is 4.80. The van der Waals surface area contributed by atoms with E-state index < -0.39 is 10.0 Å². The number of hydrogen-bond donors (Lipinski definition) is 1. The first kappa shape index (κ1) is 14.9. The SMILES string of the molecule is CN(C)S(=O)(=O)c1ccc(Nc2ncnc3sccc23)cc1. The van der Waals surface area contributed by atoms with Gasteiger partial charge in [0.15, 0.2) is 0 Å². The lowest BCUT2D eigenvalue weighted by Crippen LogP contribution is -2.22. The third-order valence-electron chi connectivity index (χ3n) is 3.16. The minimum absolute atomic E-state index is 0.256. The molecule has 0 radical (unpaired) electrons. The Kier molecular flexibility index (Phi) is 3.81. The van der Waals surface area contributed by atoms with E-state index in [1.165, 1.54) is 24.7 Å². The molecule has 2 heterocycles. The Morgan fingerprint density at radius 2 is 1.82 bits per heavy atom. The molecule has 1 N–H and O–H groups in total. The fourth-order valence-corrected chi connectivity index (χ4v) is 3.58. The van der Waals surface area contributed by atoms with Gasteiger partial charge in [-0.15, -0.1) is 11.3 Å². The van der Waals surface area contributed by atoms with E-state index in [4.69, 9.17) is 0 Å². The van der Waals surface area contributed by atoms with E-state index in [-0.39, 0.29) is 4.90 Å². The minimum Gasteiger partial charge on any atom is -0.340 e. The van der Waals surface area contributed by atoms with Gasteiger partial charge in [-0.05, 0) is 35.7 Å². The number of rotatable bonds is 4. The lowest BCUT2D eigenvalue weighted by Gasteiger charge is -2.12. The van der Waals surface area contributed by atoms with E-state index in [1.807, 2.05) is 11.4 Å². The van der Waals surface area contributed by atoms with Crippen molar-refractivity contribution in [2.75, 3.05) is 19.4 Å². The highest BCUT2D eigenvalue weighted by Crippen LogP contribution is 2.27. The lowest BCUT2D eigenvalue weighted by molar-refractivity contribution is 0.521. The second kappa shape index (κ2) is 5.64. The van der Waals surface area contributed by atoms with Crippen LogP contribution < -0.4 is 5.32 Å². The molecule has 2 aromatic heterocycles. The predicted octanol–water partition coefficient (Wildman–Crippen LogP) is 2.69. The number of nitrogens with one attached hydrogen (secondary N) is 1. The Labute approximate surface area is 132 Å². The summed E-state index contributed by atoms with van der Waals surface area (Å²) < 4.78 is 25.2. The normalized spacial score (nSPS) is 12.0. The quantitative estimate of drug-likeness (QED) is 0.794. The summed E-state index contributed by atoms with van der Waals surface area (Å²) in [5.41, 5.74) is 0.768. The molecule has 0 amide bonds. The molecule has 8 heteroatoms. The van der Waals surface area contributed by atoms with Crippen LogP contribution in [0.3, 0.4) is 0 Å². The Hall–Kier alpha value is -2.03. The average molecular weight is 334 g/mol. The van der Waals surface area contributed by atoms with Gasteiger partial charge in [0.2, 0.25) is 10.0 Å². The highest BCUT2D eigenvalue weighted by Gasteiger charge is 2.16. The number of thiophene rings is 1. The van der Waals surface area contributed by atoms with Crippen LogP contribution in [0.25, 0.3) is 10.2 Å². The van der Waals surface area contributed by atoms with Crippen molar-refractivity contribution in [2.45, 2.75) is 4.90 Å². The first-order valence-electron chi connectivity index (χ1n) is 6.46. The van der Waals surface area contributed by atoms with Gasteiger partial charge in [0.1, 0.15) is 17.0 Å². The maximum absolute atomic E-state index is 12.0. The summed E-state index contributed by atoms with van der Waals surface area (Å²) >= 11 is 1.55. The van der Waals surface area contributed by atoms with Crippen LogP contribution in [-0.2, 0) is 10.0 Å². The molecule has 3 aromatic rings. The average Bonchev–Trinajstić information content (AvgIpc) is 2.97. The van der Waals surface area contributed by atoms with E-state index in [1.54, 1.807) is 35.6 Å². The van der Waals surface area contributed by atoms with Crippen LogP contribution in [0.15, 0.2) is 46.9 Å². The maximum atomic E-state index is 12.0. The van der Waals surface area contributed by atoms with Crippen LogP contribution in [0.2, 0.25) is 0 Å². The molecule has 0 spiro atoms. The van der Waals surface area contributed by atoms with Gasteiger partial charge < -0.3 is 5.32 Å². The maximum Gasteiger partial charge on any atom is 0.242 e. The topological polar surface area (TPSA) is 75.2 Å². The number of anilines is 2. The number of sulfonamides is 1. The van der Waals surface area contributed by atoms with Gasteiger partial charge in [-0.3, -0.25) is 0 Å². The molecule has 22 heavy (non-hydrogen) atoms. The molecule has 0 atom stereocenters. The first-order chi connectivity index (χ1) is 10.5. The van der Waals surface area contributed by atoms with Crippen molar-refractivity contribution >= 4 is 43.1 Å². The van der Waals surface area contributed by atoms with E-state index in [0.29, 0.717) is 5.82 Å². The summed E-state index contributed by atoms with van der Waals surface area (Å²) in [6.07, 6.45) is 1.51. The zero-order valence-electron chi connectivity index (χ0n) is 12.0. The Morgan fingerprint density at radius 1 is 1.09 bits per heavy atom. The summed E-state index contributed by atoms with van der Waals surface area (Å²) in [7, 11) is -0.391. The van der Waals surface area contributed by atoms with Gasteiger partial charge in [-0.25, -0.2) is 22.7 Å². The lowest BCUT2D eigenvalue weighted by atomic mass is 10.3. The molecule has 114 valence electrons. The van der Waals surface area contributed by atoms with Gasteiger partial charge in [0, 0.05) is 19.8 Å². The van der Waals surface area contributed by atoms with Crippen molar-refractivity contribution in [1.82, 2.24) is 14.3 Å². The summed E-state index contributed by atoms with van der Waals surface area (Å²) in [6, 6.07) is 8.54. The largest absolute Gasteiger partial charge is 0.340 e. The molecular formula is C14H14N4O2S2. The molecule has 0 saturated carbocycles. The van der Waals surface area contributed by atoms with E-state index in [9.17, 15) is 8.42 Å². The Morgan fingerprint density at radius 3 is 2.50 bits per heavy atom. The highest BCUT2D eigenvalue weighted by molar-refractivity contribution is 7.89. The van der Waals surface area contributed by atoms with Crippen molar-refractivity contribution in [2.24, 2.45) is 0 Å². The number of benzene rings is 1. The van der Waals surface area contributed by atoms with Crippen molar-refractivity contribution in [3.8, 4) is 0 Å². The minimum atomic E-state index is -3.41. The molecule has 0 aliphatic rings. The van der Waals surface area contributed by atoms with Crippen LogP contribution in [0, 0.1) is 0 Å². The molecule has 1 aromatic carbocycles. The zero-order valence-corrected chi connectivity index (χ0v) is 13.6. The van der Waals surface area contributed by atoms with E-state index >= 15 is 0 Å². The number of aromatic nitrogens is 2. The van der Waals surface area contributed by atoms with Crippen LogP contribution in [0.4, 0.5) is 11.5 Å².